The largest absolute Gasteiger partial charge is 0.508 e. The number of ether oxygens (including phenoxy) is 1. The Bertz CT molecular complexity index is 1030. The zero-order valence-electron chi connectivity index (χ0n) is 20.6. The standard InChI is InChI=1S/C28H36ClNO4/c1-5-11-30-27(32)21-14-20(16(3)4)25-22(26(21)28(30)33)15-34-24(25)10-7-17(6-2)12-18-8-9-19(31)13-23(18)29/h8-9,12-13,16,21-22,24,26,31H,5-7,10-11,14-15H2,1-4H3/b17-12+/t21-,22+,24-,26-/m1/s1. The number of phenolic OH excluding ortho intramolecular Hbond substituents is 1. The van der Waals surface area contributed by atoms with E-state index in [1.807, 2.05) is 13.0 Å². The van der Waals surface area contributed by atoms with E-state index in [0.29, 0.717) is 30.5 Å². The van der Waals surface area contributed by atoms with Crippen LogP contribution in [0.25, 0.3) is 6.08 Å². The fourth-order valence-electron chi connectivity index (χ4n) is 5.99. The minimum absolute atomic E-state index is 0.00233. The molecule has 1 aromatic rings. The molecule has 0 unspecified atom stereocenters. The van der Waals surface area contributed by atoms with E-state index in [0.717, 1.165) is 31.2 Å². The van der Waals surface area contributed by atoms with Gasteiger partial charge < -0.3 is 9.84 Å². The Morgan fingerprint density at radius 2 is 2.00 bits per heavy atom. The van der Waals surface area contributed by atoms with Crippen molar-refractivity contribution >= 4 is 29.5 Å². The lowest BCUT2D eigenvalue weighted by molar-refractivity contribution is -0.140. The molecule has 2 amide bonds. The van der Waals surface area contributed by atoms with Crippen molar-refractivity contribution in [2.75, 3.05) is 13.2 Å². The summed E-state index contributed by atoms with van der Waals surface area (Å²) in [6, 6.07) is 5.04. The Balaban J connectivity index is 1.56. The van der Waals surface area contributed by atoms with Crippen LogP contribution in [0.15, 0.2) is 34.9 Å². The minimum atomic E-state index is -0.265. The van der Waals surface area contributed by atoms with Gasteiger partial charge >= 0.3 is 0 Å². The molecule has 4 rings (SSSR count). The third-order valence-electron chi connectivity index (χ3n) is 7.70. The summed E-state index contributed by atoms with van der Waals surface area (Å²) in [7, 11) is 0. The number of carbonyl (C=O) groups is 2. The van der Waals surface area contributed by atoms with Crippen molar-refractivity contribution in [2.45, 2.75) is 65.9 Å². The van der Waals surface area contributed by atoms with Crippen molar-refractivity contribution in [2.24, 2.45) is 23.7 Å². The predicted molar refractivity (Wildman–Crippen MR) is 134 cm³/mol. The lowest BCUT2D eigenvalue weighted by Gasteiger charge is -2.33. The molecule has 0 bridgehead atoms. The first-order chi connectivity index (χ1) is 16.3. The smallest absolute Gasteiger partial charge is 0.233 e. The maximum Gasteiger partial charge on any atom is 0.233 e. The minimum Gasteiger partial charge on any atom is -0.508 e. The molecule has 4 atom stereocenters. The molecule has 1 aromatic carbocycles. The third-order valence-corrected chi connectivity index (χ3v) is 8.03. The van der Waals surface area contributed by atoms with Crippen LogP contribution < -0.4 is 0 Å². The molecule has 6 heteroatoms. The van der Waals surface area contributed by atoms with Crippen LogP contribution in [0.5, 0.6) is 5.75 Å². The number of imide groups is 1. The summed E-state index contributed by atoms with van der Waals surface area (Å²) >= 11 is 6.31. The molecular weight excluding hydrogens is 450 g/mol. The summed E-state index contributed by atoms with van der Waals surface area (Å²) in [5.74, 6) is 0.0189. The second-order valence-corrected chi connectivity index (χ2v) is 10.5. The molecule has 2 heterocycles. The van der Waals surface area contributed by atoms with Crippen LogP contribution in [-0.4, -0.2) is 41.1 Å². The van der Waals surface area contributed by atoms with Gasteiger partial charge in [0.15, 0.2) is 0 Å². The van der Waals surface area contributed by atoms with Crippen molar-refractivity contribution in [3.63, 3.8) is 0 Å². The lowest BCUT2D eigenvalue weighted by atomic mass is 9.67. The molecule has 0 aromatic heterocycles. The number of carbonyl (C=O) groups excluding carboxylic acids is 2. The molecule has 1 N–H and O–H groups in total. The van der Waals surface area contributed by atoms with Crippen LogP contribution in [0, 0.1) is 23.7 Å². The Morgan fingerprint density at radius 3 is 2.65 bits per heavy atom. The molecular formula is C28H36ClNO4. The molecule has 1 aliphatic carbocycles. The van der Waals surface area contributed by atoms with Gasteiger partial charge in [-0.05, 0) is 67.4 Å². The molecule has 0 spiro atoms. The number of rotatable bonds is 8. The predicted octanol–water partition coefficient (Wildman–Crippen LogP) is 6.00. The number of allylic oxidation sites excluding steroid dienone is 2. The van der Waals surface area contributed by atoms with Crippen LogP contribution in [0.2, 0.25) is 5.02 Å². The van der Waals surface area contributed by atoms with Gasteiger partial charge in [-0.15, -0.1) is 0 Å². The van der Waals surface area contributed by atoms with E-state index in [9.17, 15) is 14.7 Å². The molecule has 34 heavy (non-hydrogen) atoms. The van der Waals surface area contributed by atoms with Crippen LogP contribution in [0.3, 0.4) is 0 Å². The van der Waals surface area contributed by atoms with Crippen LogP contribution in [0.1, 0.15) is 65.4 Å². The second kappa shape index (κ2) is 10.2. The Hall–Kier alpha value is -2.11. The van der Waals surface area contributed by atoms with E-state index in [2.05, 4.69) is 26.8 Å². The van der Waals surface area contributed by atoms with Crippen LogP contribution in [-0.2, 0) is 14.3 Å². The van der Waals surface area contributed by atoms with Gasteiger partial charge in [-0.25, -0.2) is 0 Å². The SMILES string of the molecule is CCCN1C(=O)[C@@H]2[C@@H](CC(C(C)C)=C3[C@@H](CC/C(=C/c4ccc(O)cc4Cl)CC)OC[C@@H]32)C1=O. The Kier molecular flexibility index (Phi) is 7.54. The third kappa shape index (κ3) is 4.57. The number of halogens is 1. The van der Waals surface area contributed by atoms with E-state index >= 15 is 0 Å². The van der Waals surface area contributed by atoms with E-state index in [-0.39, 0.29) is 41.4 Å². The van der Waals surface area contributed by atoms with E-state index in [1.54, 1.807) is 12.1 Å². The summed E-state index contributed by atoms with van der Waals surface area (Å²) in [6.07, 6.45) is 6.15. The molecule has 0 saturated carbocycles. The van der Waals surface area contributed by atoms with Gasteiger partial charge in [-0.2, -0.15) is 0 Å². The normalized spacial score (nSPS) is 27.1. The fourth-order valence-corrected chi connectivity index (χ4v) is 6.22. The van der Waals surface area contributed by atoms with Gasteiger partial charge in [0.05, 0.1) is 29.6 Å². The molecule has 0 radical (unpaired) electrons. The van der Waals surface area contributed by atoms with Gasteiger partial charge in [0, 0.05) is 12.5 Å². The number of nitrogens with zero attached hydrogens (tertiary/aromatic N) is 1. The van der Waals surface area contributed by atoms with Crippen LogP contribution >= 0.6 is 11.6 Å². The summed E-state index contributed by atoms with van der Waals surface area (Å²) in [6.45, 7) is 9.54. The number of hydrogen-bond donors (Lipinski definition) is 1. The fraction of sp³-hybridized carbons (Fsp3) is 0.571. The number of amides is 2. The van der Waals surface area contributed by atoms with Crippen molar-refractivity contribution in [1.29, 1.82) is 0 Å². The molecule has 184 valence electrons. The van der Waals surface area contributed by atoms with Gasteiger partial charge in [-0.3, -0.25) is 14.5 Å². The molecule has 2 saturated heterocycles. The van der Waals surface area contributed by atoms with Crippen molar-refractivity contribution in [1.82, 2.24) is 4.90 Å². The maximum atomic E-state index is 13.2. The Morgan fingerprint density at radius 1 is 1.24 bits per heavy atom. The number of hydrogen-bond acceptors (Lipinski definition) is 4. The molecule has 2 aliphatic heterocycles. The van der Waals surface area contributed by atoms with Crippen molar-refractivity contribution in [3.05, 3.63) is 45.5 Å². The first kappa shape index (κ1) is 25.0. The van der Waals surface area contributed by atoms with Gasteiger partial charge in [0.25, 0.3) is 0 Å². The average Bonchev–Trinajstić information content (AvgIpc) is 3.32. The number of aromatic hydroxyl groups is 1. The van der Waals surface area contributed by atoms with Crippen LogP contribution in [0.4, 0.5) is 0 Å². The van der Waals surface area contributed by atoms with E-state index < -0.39 is 0 Å². The maximum absolute atomic E-state index is 13.2. The zero-order valence-corrected chi connectivity index (χ0v) is 21.4. The highest BCUT2D eigenvalue weighted by Crippen LogP contribution is 2.51. The van der Waals surface area contributed by atoms with Gasteiger partial charge in [0.2, 0.25) is 11.8 Å². The Labute approximate surface area is 207 Å². The molecule has 2 fully saturated rings. The van der Waals surface area contributed by atoms with E-state index in [1.165, 1.54) is 21.6 Å². The van der Waals surface area contributed by atoms with E-state index in [4.69, 9.17) is 16.3 Å². The first-order valence-electron chi connectivity index (χ1n) is 12.6. The first-order valence-corrected chi connectivity index (χ1v) is 13.0. The number of phenols is 1. The zero-order chi connectivity index (χ0) is 24.6. The molecule has 3 aliphatic rings. The number of fused-ring (bicyclic) bond motifs is 3. The summed E-state index contributed by atoms with van der Waals surface area (Å²) in [4.78, 5) is 27.8. The number of likely N-dealkylation sites (tertiary alicyclic amines) is 1. The quantitative estimate of drug-likeness (QED) is 0.362. The molecule has 5 nitrogen and oxygen atoms in total. The summed E-state index contributed by atoms with van der Waals surface area (Å²) in [5, 5.41) is 10.2. The summed E-state index contributed by atoms with van der Waals surface area (Å²) < 4.78 is 6.33. The second-order valence-electron chi connectivity index (χ2n) is 10.1. The van der Waals surface area contributed by atoms with Gasteiger partial charge in [0.1, 0.15) is 5.75 Å². The van der Waals surface area contributed by atoms with Crippen molar-refractivity contribution < 1.29 is 19.4 Å². The summed E-state index contributed by atoms with van der Waals surface area (Å²) in [5.41, 5.74) is 4.77. The topological polar surface area (TPSA) is 66.8 Å². The van der Waals surface area contributed by atoms with Gasteiger partial charge in [-0.1, -0.05) is 56.5 Å². The monoisotopic (exact) mass is 485 g/mol. The lowest BCUT2D eigenvalue weighted by Crippen LogP contribution is -2.35. The highest BCUT2D eigenvalue weighted by Gasteiger charge is 2.56. The van der Waals surface area contributed by atoms with Crippen molar-refractivity contribution in [3.8, 4) is 5.75 Å². The highest BCUT2D eigenvalue weighted by atomic mass is 35.5. The average molecular weight is 486 g/mol. The highest BCUT2D eigenvalue weighted by molar-refractivity contribution is 6.32. The number of benzene rings is 1.